The Bertz CT molecular complexity index is 8710. The third kappa shape index (κ3) is 14.8. The monoisotopic (exact) mass is 1760 g/mol. The summed E-state index contributed by atoms with van der Waals surface area (Å²) in [5.41, 5.74) is 31.2. The molecule has 0 atom stereocenters. The maximum atomic E-state index is 5.26. The second-order valence-corrected chi connectivity index (χ2v) is 34.6. The largest absolute Gasteiger partial charge is 0.311 e. The second kappa shape index (κ2) is 35.1. The third-order valence-corrected chi connectivity index (χ3v) is 26.5. The fourth-order valence-electron chi connectivity index (χ4n) is 20.2. The van der Waals surface area contributed by atoms with Crippen molar-refractivity contribution in [3.8, 4) is 108 Å². The highest BCUT2D eigenvalue weighted by atomic mass is 15.1. The SMILES string of the molecule is c1ccc(-c2cc(-c3cc(-c4ccc(-n5c6ccccc6c6ccccc65)cc4)cc(-n4c5ccccc5c5ccccc54)c3)nc(-c3ccccc3)n2)cc1.c1ccc(-c2cc(-c3cccc(-n4c5ccccc5c5ccccc54)n3)nc(-c3ccccc3)n2)cc1.c1ccc(N(c2ccc(-n3c4ccccc4c4ccccc43)cc2)c2ccc(-n3c4ccccc4c4ccccc43)cc2)cc1. The average Bonchev–Trinajstić information content (AvgIpc) is 1.66. The minimum Gasteiger partial charge on any atom is -0.311 e. The molecule has 0 spiro atoms. The van der Waals surface area contributed by atoms with Crippen molar-refractivity contribution in [1.82, 2.24) is 47.8 Å². The quantitative estimate of drug-likeness (QED) is 0.102. The van der Waals surface area contributed by atoms with E-state index in [-0.39, 0.29) is 0 Å². The molecule has 0 N–H and O–H groups in total. The van der Waals surface area contributed by atoms with E-state index in [2.05, 4.69) is 452 Å². The van der Waals surface area contributed by atoms with Crippen molar-refractivity contribution in [1.29, 1.82) is 0 Å². The molecule has 0 fully saturated rings. The van der Waals surface area contributed by atoms with Crippen molar-refractivity contribution in [2.45, 2.75) is 0 Å². The fraction of sp³-hybridized carbons (Fsp3) is 0. The maximum Gasteiger partial charge on any atom is 0.160 e. The summed E-state index contributed by atoms with van der Waals surface area (Å²) in [6.07, 6.45) is 0. The molecule has 0 aliphatic rings. The van der Waals surface area contributed by atoms with Gasteiger partial charge in [0.2, 0.25) is 0 Å². The summed E-state index contributed by atoms with van der Waals surface area (Å²) in [5.74, 6) is 2.23. The van der Waals surface area contributed by atoms with E-state index in [0.29, 0.717) is 11.6 Å². The minimum absolute atomic E-state index is 0.681. The zero-order valence-corrected chi connectivity index (χ0v) is 75.0. The zero-order chi connectivity index (χ0) is 91.4. The Morgan fingerprint density at radius 1 is 0.138 bits per heavy atom. The Morgan fingerprint density at radius 3 is 0.732 bits per heavy atom. The van der Waals surface area contributed by atoms with Crippen molar-refractivity contribution in [2.24, 2.45) is 0 Å². The molecule has 0 unspecified atom stereocenters. The molecular weight excluding hydrogens is 1680 g/mol. The van der Waals surface area contributed by atoms with Gasteiger partial charge in [0.25, 0.3) is 0 Å². The van der Waals surface area contributed by atoms with Crippen molar-refractivity contribution in [2.75, 3.05) is 4.90 Å². The van der Waals surface area contributed by atoms with Crippen LogP contribution >= 0.6 is 0 Å². The van der Waals surface area contributed by atoms with E-state index in [1.54, 1.807) is 0 Å². The molecule has 648 valence electrons. The second-order valence-electron chi connectivity index (χ2n) is 34.6. The predicted octanol–water partition coefficient (Wildman–Crippen LogP) is 32.7. The molecule has 0 saturated carbocycles. The highest BCUT2D eigenvalue weighted by Gasteiger charge is 2.24. The molecule has 8 aromatic heterocycles. The van der Waals surface area contributed by atoms with Gasteiger partial charge in [0, 0.05) is 121 Å². The van der Waals surface area contributed by atoms with Crippen LogP contribution in [0.2, 0.25) is 0 Å². The predicted molar refractivity (Wildman–Crippen MR) is 573 cm³/mol. The third-order valence-electron chi connectivity index (χ3n) is 26.5. The average molecular weight is 1770 g/mol. The van der Waals surface area contributed by atoms with Crippen LogP contribution in [0.25, 0.3) is 217 Å². The number of hydrogen-bond donors (Lipinski definition) is 0. The van der Waals surface area contributed by atoms with E-state index in [0.717, 1.165) is 135 Å². The van der Waals surface area contributed by atoms with Gasteiger partial charge in [-0.05, 0) is 187 Å². The van der Waals surface area contributed by atoms with Crippen molar-refractivity contribution >= 4 is 126 Å². The van der Waals surface area contributed by atoms with E-state index < -0.39 is 0 Å². The molecule has 27 rings (SSSR count). The van der Waals surface area contributed by atoms with E-state index >= 15 is 0 Å². The summed E-state index contributed by atoms with van der Waals surface area (Å²) in [6, 6.07) is 182. The number of nitrogens with zero attached hydrogens (tertiary/aromatic N) is 11. The van der Waals surface area contributed by atoms with Gasteiger partial charge in [-0.2, -0.15) is 0 Å². The summed E-state index contributed by atoms with van der Waals surface area (Å²) in [6.45, 7) is 0. The molecule has 8 heterocycles. The van der Waals surface area contributed by atoms with E-state index in [9.17, 15) is 0 Å². The summed E-state index contributed by atoms with van der Waals surface area (Å²) >= 11 is 0. The molecule has 19 aromatic carbocycles. The lowest BCUT2D eigenvalue weighted by atomic mass is 9.99. The first-order valence-corrected chi connectivity index (χ1v) is 46.7. The number of hydrogen-bond acceptors (Lipinski definition) is 6. The summed E-state index contributed by atoms with van der Waals surface area (Å²) in [7, 11) is 0. The Hall–Kier alpha value is -18.7. The molecule has 0 bridgehead atoms. The van der Waals surface area contributed by atoms with Crippen LogP contribution in [0.1, 0.15) is 0 Å². The maximum absolute atomic E-state index is 5.26. The first-order chi connectivity index (χ1) is 68.5. The van der Waals surface area contributed by atoms with Crippen LogP contribution in [0.5, 0.6) is 0 Å². The minimum atomic E-state index is 0.681. The number of fused-ring (bicyclic) bond motifs is 15. The van der Waals surface area contributed by atoms with Crippen LogP contribution in [0.4, 0.5) is 17.1 Å². The molecule has 138 heavy (non-hydrogen) atoms. The molecular formula is C127H85N11. The first-order valence-electron chi connectivity index (χ1n) is 46.7. The lowest BCUT2D eigenvalue weighted by molar-refractivity contribution is 1.07. The van der Waals surface area contributed by atoms with E-state index in [4.69, 9.17) is 24.9 Å². The number of rotatable bonds is 15. The standard InChI is InChI=1S/C52H34N4.C42H29N3.C33H22N4/c1-3-15-36(16-4-1)46-34-47(54-52(53-46)37-17-5-2-6-18-37)39-31-38(32-41(33-39)56-50-25-13-9-21-44(50)45-22-10-14-26-51(45)56)35-27-29-40(30-28-35)55-48-23-11-7-19-42(48)43-20-8-12-24-49(43)55;1-2-12-30(13-3-1)43(31-22-26-33(27-23-31)44-39-18-8-4-14-35(39)36-15-5-9-19-40(36)44)32-24-28-34(29-25-32)45-41-20-10-6-16-37(41)38-17-7-11-21-42(38)45;1-3-12-23(13-4-1)28-22-29(36-33(35-28)24-14-5-2-6-15-24)27-18-11-21-32(34-27)37-30-19-9-7-16-25(30)26-17-8-10-20-31(26)37/h1-34H;1-29H;1-22H. The van der Waals surface area contributed by atoms with Crippen LogP contribution < -0.4 is 4.90 Å². The number of anilines is 3. The van der Waals surface area contributed by atoms with Gasteiger partial charge in [0.1, 0.15) is 5.82 Å². The van der Waals surface area contributed by atoms with Crippen molar-refractivity contribution in [3.05, 3.63) is 516 Å². The topological polar surface area (TPSA) is 92.3 Å². The lowest BCUT2D eigenvalue weighted by Gasteiger charge is -2.26. The van der Waals surface area contributed by atoms with Crippen LogP contribution in [0, 0.1) is 0 Å². The number of benzene rings is 19. The number of aromatic nitrogens is 10. The molecule has 0 radical (unpaired) electrons. The molecule has 0 aliphatic carbocycles. The van der Waals surface area contributed by atoms with Crippen LogP contribution in [-0.2, 0) is 0 Å². The normalized spacial score (nSPS) is 11.5. The molecule has 11 heteroatoms. The number of pyridine rings is 1. The first kappa shape index (κ1) is 81.3. The molecule has 0 saturated heterocycles. The highest BCUT2D eigenvalue weighted by molar-refractivity contribution is 6.14. The summed E-state index contributed by atoms with van der Waals surface area (Å²) in [4.78, 5) is 27.7. The Balaban J connectivity index is 0.000000112. The van der Waals surface area contributed by atoms with Gasteiger partial charge in [-0.25, -0.2) is 24.9 Å². The fourth-order valence-corrected chi connectivity index (χ4v) is 20.2. The molecule has 27 aromatic rings. The summed E-state index contributed by atoms with van der Waals surface area (Å²) in [5, 5.41) is 12.5. The molecule has 11 nitrogen and oxygen atoms in total. The highest BCUT2D eigenvalue weighted by Crippen LogP contribution is 2.44. The van der Waals surface area contributed by atoms with Crippen molar-refractivity contribution in [3.63, 3.8) is 0 Å². The Kier molecular flexibility index (Phi) is 20.7. The van der Waals surface area contributed by atoms with Gasteiger partial charge in [0.05, 0.1) is 83.6 Å². The zero-order valence-electron chi connectivity index (χ0n) is 75.0. The van der Waals surface area contributed by atoms with Gasteiger partial charge in [-0.3, -0.25) is 4.57 Å². The van der Waals surface area contributed by atoms with Crippen LogP contribution in [0.3, 0.4) is 0 Å². The van der Waals surface area contributed by atoms with Gasteiger partial charge < -0.3 is 23.2 Å². The van der Waals surface area contributed by atoms with Crippen LogP contribution in [-0.4, -0.2) is 47.8 Å². The smallest absolute Gasteiger partial charge is 0.160 e. The molecule has 0 aliphatic heterocycles. The number of para-hydroxylation sites is 11. The Labute approximate surface area is 796 Å². The van der Waals surface area contributed by atoms with E-state index in [1.807, 2.05) is 91.0 Å². The van der Waals surface area contributed by atoms with Gasteiger partial charge in [0.15, 0.2) is 11.6 Å². The van der Waals surface area contributed by atoms with Crippen LogP contribution in [0.15, 0.2) is 516 Å². The molecule has 0 amide bonds. The van der Waals surface area contributed by atoms with Gasteiger partial charge in [-0.15, -0.1) is 0 Å². The van der Waals surface area contributed by atoms with Gasteiger partial charge >= 0.3 is 0 Å². The van der Waals surface area contributed by atoms with Crippen molar-refractivity contribution < 1.29 is 0 Å². The van der Waals surface area contributed by atoms with Gasteiger partial charge in [-0.1, -0.05) is 340 Å². The lowest BCUT2D eigenvalue weighted by Crippen LogP contribution is -2.10. The van der Waals surface area contributed by atoms with E-state index in [1.165, 1.54) is 87.0 Å². The summed E-state index contributed by atoms with van der Waals surface area (Å²) < 4.78 is 11.7. The Morgan fingerprint density at radius 2 is 0.391 bits per heavy atom.